The number of hydrogen-bond donors (Lipinski definition) is 0. The van der Waals surface area contributed by atoms with Gasteiger partial charge in [0.25, 0.3) is 0 Å². The van der Waals surface area contributed by atoms with Gasteiger partial charge in [0.2, 0.25) is 0 Å². The van der Waals surface area contributed by atoms with E-state index in [1.165, 1.54) is 30.4 Å². The van der Waals surface area contributed by atoms with E-state index in [1.807, 2.05) is 6.08 Å². The molecule has 0 spiro atoms. The van der Waals surface area contributed by atoms with Crippen molar-refractivity contribution in [3.63, 3.8) is 0 Å². The number of hydrogen-bond acceptors (Lipinski definition) is 0. The van der Waals surface area contributed by atoms with E-state index in [0.717, 1.165) is 5.92 Å². The number of benzene rings is 1. The fraction of sp³-hybridized carbons (Fsp3) is 0.429. The Hall–Kier alpha value is -1.04. The van der Waals surface area contributed by atoms with Gasteiger partial charge in [0.05, 0.1) is 0 Å². The van der Waals surface area contributed by atoms with Crippen LogP contribution in [0, 0.1) is 5.92 Å². The van der Waals surface area contributed by atoms with Gasteiger partial charge in [-0.1, -0.05) is 57.2 Å². The summed E-state index contributed by atoms with van der Waals surface area (Å²) in [4.78, 5) is 0. The van der Waals surface area contributed by atoms with Crippen molar-refractivity contribution in [3.8, 4) is 0 Å². The van der Waals surface area contributed by atoms with Gasteiger partial charge in [0.1, 0.15) is 0 Å². The Labute approximate surface area is 87.7 Å². The van der Waals surface area contributed by atoms with E-state index >= 15 is 0 Å². The molecule has 0 nitrogen and oxygen atoms in total. The van der Waals surface area contributed by atoms with Crippen molar-refractivity contribution in [1.29, 1.82) is 0 Å². The molecule has 0 aliphatic carbocycles. The monoisotopic (exact) mass is 188 g/mol. The van der Waals surface area contributed by atoms with E-state index in [9.17, 15) is 0 Å². The molecule has 0 amide bonds. The second-order valence-electron chi connectivity index (χ2n) is 4.24. The average molecular weight is 188 g/mol. The highest BCUT2D eigenvalue weighted by Crippen LogP contribution is 2.12. The van der Waals surface area contributed by atoms with Crippen molar-refractivity contribution in [3.05, 3.63) is 42.0 Å². The lowest BCUT2D eigenvalue weighted by Gasteiger charge is -2.05. The smallest absolute Gasteiger partial charge is 0.0260 e. The van der Waals surface area contributed by atoms with Gasteiger partial charge in [-0.15, -0.1) is 0 Å². The highest BCUT2D eigenvalue weighted by molar-refractivity contribution is 5.47. The number of aryl methyl sites for hydroxylation is 1. The Morgan fingerprint density at radius 1 is 1.36 bits per heavy atom. The summed E-state index contributed by atoms with van der Waals surface area (Å²) in [5.41, 5.74) is 2.66. The molecule has 0 saturated carbocycles. The summed E-state index contributed by atoms with van der Waals surface area (Å²) in [5, 5.41) is 0. The van der Waals surface area contributed by atoms with Gasteiger partial charge in [-0.25, -0.2) is 0 Å². The minimum Gasteiger partial charge on any atom is -0.0985 e. The molecule has 14 heavy (non-hydrogen) atoms. The van der Waals surface area contributed by atoms with Crippen LogP contribution in [0.1, 0.15) is 37.8 Å². The molecule has 76 valence electrons. The molecule has 0 aliphatic heterocycles. The Balaban J connectivity index is 2.46. The summed E-state index contributed by atoms with van der Waals surface area (Å²) in [6.45, 7) is 8.34. The first kappa shape index (κ1) is 11.0. The summed E-state index contributed by atoms with van der Waals surface area (Å²) in [5.74, 6) is 0.817. The highest BCUT2D eigenvalue weighted by atomic mass is 14.0. The standard InChI is InChI=1S/C14H20/c1-4-13-8-6-10-14(11-13)9-5-7-12(2)3/h4,6,8,10-12H,1,5,7,9H2,2-3H3. The molecule has 0 saturated heterocycles. The second kappa shape index (κ2) is 5.64. The molecular formula is C14H20. The van der Waals surface area contributed by atoms with E-state index in [1.54, 1.807) is 0 Å². The van der Waals surface area contributed by atoms with Gasteiger partial charge in [-0.05, 0) is 29.9 Å². The molecule has 0 aliphatic rings. The summed E-state index contributed by atoms with van der Waals surface area (Å²) in [6.07, 6.45) is 5.71. The maximum atomic E-state index is 3.78. The van der Waals surface area contributed by atoms with Crippen molar-refractivity contribution in [2.24, 2.45) is 5.92 Å². The first-order valence-corrected chi connectivity index (χ1v) is 5.43. The summed E-state index contributed by atoms with van der Waals surface area (Å²) >= 11 is 0. The quantitative estimate of drug-likeness (QED) is 0.646. The Morgan fingerprint density at radius 2 is 2.14 bits per heavy atom. The minimum absolute atomic E-state index is 0.817. The van der Waals surface area contributed by atoms with E-state index in [0.29, 0.717) is 0 Å². The van der Waals surface area contributed by atoms with Crippen LogP contribution < -0.4 is 0 Å². The van der Waals surface area contributed by atoms with E-state index in [4.69, 9.17) is 0 Å². The Bertz CT molecular complexity index is 284. The molecule has 0 atom stereocenters. The maximum absolute atomic E-state index is 3.78. The first-order chi connectivity index (χ1) is 6.72. The zero-order valence-electron chi connectivity index (χ0n) is 9.29. The van der Waals surface area contributed by atoms with Crippen LogP contribution in [0.25, 0.3) is 6.08 Å². The lowest BCUT2D eigenvalue weighted by Crippen LogP contribution is -1.91. The van der Waals surface area contributed by atoms with Crippen LogP contribution in [-0.4, -0.2) is 0 Å². The molecule has 1 aromatic rings. The van der Waals surface area contributed by atoms with Crippen LogP contribution in [0.15, 0.2) is 30.8 Å². The van der Waals surface area contributed by atoms with Crippen LogP contribution in [0.5, 0.6) is 0 Å². The molecular weight excluding hydrogens is 168 g/mol. The van der Waals surface area contributed by atoms with Crippen molar-refractivity contribution >= 4 is 6.08 Å². The Kier molecular flexibility index (Phi) is 4.45. The van der Waals surface area contributed by atoms with Gasteiger partial charge in [-0.2, -0.15) is 0 Å². The van der Waals surface area contributed by atoms with Crippen LogP contribution in [0.2, 0.25) is 0 Å². The van der Waals surface area contributed by atoms with Crippen LogP contribution in [0.4, 0.5) is 0 Å². The second-order valence-corrected chi connectivity index (χ2v) is 4.24. The molecule has 0 bridgehead atoms. The maximum Gasteiger partial charge on any atom is -0.0260 e. The largest absolute Gasteiger partial charge is 0.0985 e. The number of rotatable bonds is 5. The molecule has 0 unspecified atom stereocenters. The van der Waals surface area contributed by atoms with Crippen LogP contribution in [-0.2, 0) is 6.42 Å². The van der Waals surface area contributed by atoms with E-state index < -0.39 is 0 Å². The van der Waals surface area contributed by atoms with Crippen LogP contribution >= 0.6 is 0 Å². The zero-order chi connectivity index (χ0) is 10.4. The molecule has 1 rings (SSSR count). The predicted molar refractivity (Wildman–Crippen MR) is 64.3 cm³/mol. The van der Waals surface area contributed by atoms with Gasteiger partial charge in [0, 0.05) is 0 Å². The molecule has 0 N–H and O–H groups in total. The third-order valence-electron chi connectivity index (χ3n) is 2.43. The summed E-state index contributed by atoms with van der Waals surface area (Å²) < 4.78 is 0. The Morgan fingerprint density at radius 3 is 2.79 bits per heavy atom. The normalized spacial score (nSPS) is 10.5. The SMILES string of the molecule is C=Cc1cccc(CCCC(C)C)c1. The molecule has 0 heteroatoms. The van der Waals surface area contributed by atoms with Gasteiger partial charge in [0.15, 0.2) is 0 Å². The molecule has 0 fully saturated rings. The van der Waals surface area contributed by atoms with Gasteiger partial charge < -0.3 is 0 Å². The van der Waals surface area contributed by atoms with Gasteiger partial charge >= 0.3 is 0 Å². The zero-order valence-corrected chi connectivity index (χ0v) is 9.29. The van der Waals surface area contributed by atoms with Crippen molar-refractivity contribution in [2.45, 2.75) is 33.1 Å². The topological polar surface area (TPSA) is 0 Å². The van der Waals surface area contributed by atoms with Crippen LogP contribution in [0.3, 0.4) is 0 Å². The van der Waals surface area contributed by atoms with Crippen molar-refractivity contribution in [1.82, 2.24) is 0 Å². The van der Waals surface area contributed by atoms with Crippen molar-refractivity contribution < 1.29 is 0 Å². The van der Waals surface area contributed by atoms with E-state index in [2.05, 4.69) is 44.7 Å². The molecule has 1 aromatic carbocycles. The predicted octanol–water partition coefficient (Wildman–Crippen LogP) is 4.31. The lowest BCUT2D eigenvalue weighted by atomic mass is 10.0. The molecule has 0 aromatic heterocycles. The highest BCUT2D eigenvalue weighted by Gasteiger charge is 1.96. The molecule has 0 heterocycles. The average Bonchev–Trinajstić information content (AvgIpc) is 2.18. The van der Waals surface area contributed by atoms with Crippen molar-refractivity contribution in [2.75, 3.05) is 0 Å². The lowest BCUT2D eigenvalue weighted by molar-refractivity contribution is 0.556. The van der Waals surface area contributed by atoms with Gasteiger partial charge in [-0.3, -0.25) is 0 Å². The third kappa shape index (κ3) is 3.78. The minimum atomic E-state index is 0.817. The summed E-state index contributed by atoms with van der Waals surface area (Å²) in [7, 11) is 0. The first-order valence-electron chi connectivity index (χ1n) is 5.43. The third-order valence-corrected chi connectivity index (χ3v) is 2.43. The van der Waals surface area contributed by atoms with E-state index in [-0.39, 0.29) is 0 Å². The fourth-order valence-electron chi connectivity index (χ4n) is 1.59. The fourth-order valence-corrected chi connectivity index (χ4v) is 1.59. The summed E-state index contributed by atoms with van der Waals surface area (Å²) in [6, 6.07) is 8.64. The molecule has 0 radical (unpaired) electrons.